The summed E-state index contributed by atoms with van der Waals surface area (Å²) in [6.45, 7) is 0.700. The molecule has 1 aliphatic rings. The first-order valence-corrected chi connectivity index (χ1v) is 7.04. The summed E-state index contributed by atoms with van der Waals surface area (Å²) in [5, 5.41) is 0. The number of thioether (sulfide) groups is 1. The average Bonchev–Trinajstić information content (AvgIpc) is 3.14. The van der Waals surface area contributed by atoms with E-state index in [9.17, 15) is 0 Å². The predicted molar refractivity (Wildman–Crippen MR) is 70.8 cm³/mol. The predicted octanol–water partition coefficient (Wildman–Crippen LogP) is 2.50. The number of hydrogen-bond acceptors (Lipinski definition) is 3. The van der Waals surface area contributed by atoms with Crippen LogP contribution in [-0.4, -0.2) is 30.8 Å². The van der Waals surface area contributed by atoms with Gasteiger partial charge in [0.25, 0.3) is 0 Å². The first-order valence-electron chi connectivity index (χ1n) is 5.82. The molecule has 1 aromatic rings. The van der Waals surface area contributed by atoms with Crippen LogP contribution in [0.15, 0.2) is 29.2 Å². The zero-order chi connectivity index (χ0) is 11.5. The van der Waals surface area contributed by atoms with E-state index in [0.717, 1.165) is 6.04 Å². The van der Waals surface area contributed by atoms with E-state index in [2.05, 4.69) is 42.5 Å². The van der Waals surface area contributed by atoms with Gasteiger partial charge in [0.05, 0.1) is 0 Å². The van der Waals surface area contributed by atoms with E-state index in [4.69, 9.17) is 5.73 Å². The molecule has 0 bridgehead atoms. The van der Waals surface area contributed by atoms with Crippen LogP contribution in [-0.2, 0) is 0 Å². The molecule has 88 valence electrons. The molecule has 1 aliphatic carbocycles. The van der Waals surface area contributed by atoms with Crippen molar-refractivity contribution in [2.24, 2.45) is 5.73 Å². The Balaban J connectivity index is 2.12. The number of hydrogen-bond donors (Lipinski definition) is 1. The number of nitrogens with two attached hydrogens (primary N) is 1. The quantitative estimate of drug-likeness (QED) is 0.797. The third-order valence-electron chi connectivity index (χ3n) is 3.34. The van der Waals surface area contributed by atoms with Crippen molar-refractivity contribution in [3.63, 3.8) is 0 Å². The van der Waals surface area contributed by atoms with Crippen molar-refractivity contribution >= 4 is 11.8 Å². The number of likely N-dealkylation sites (N-methyl/N-ethyl adjacent to an activating group) is 1. The molecule has 0 aliphatic heterocycles. The number of nitrogens with zero attached hydrogens (tertiary/aromatic N) is 1. The molecule has 1 fully saturated rings. The second kappa shape index (κ2) is 5.21. The topological polar surface area (TPSA) is 29.3 Å². The summed E-state index contributed by atoms with van der Waals surface area (Å²) in [4.78, 5) is 3.74. The van der Waals surface area contributed by atoms with Gasteiger partial charge in [0.15, 0.2) is 0 Å². The lowest BCUT2D eigenvalue weighted by Crippen LogP contribution is -2.32. The van der Waals surface area contributed by atoms with Crippen molar-refractivity contribution < 1.29 is 0 Å². The van der Waals surface area contributed by atoms with Gasteiger partial charge in [-0.15, -0.1) is 11.8 Å². The van der Waals surface area contributed by atoms with Crippen LogP contribution in [0.1, 0.15) is 24.4 Å². The van der Waals surface area contributed by atoms with Gasteiger partial charge in [0, 0.05) is 23.5 Å². The molecule has 1 aromatic carbocycles. The second-order valence-electron chi connectivity index (χ2n) is 4.42. The van der Waals surface area contributed by atoms with Crippen molar-refractivity contribution in [2.75, 3.05) is 19.8 Å². The lowest BCUT2D eigenvalue weighted by atomic mass is 10.1. The van der Waals surface area contributed by atoms with Crippen LogP contribution in [0.4, 0.5) is 0 Å². The number of rotatable bonds is 5. The van der Waals surface area contributed by atoms with Crippen LogP contribution in [0.3, 0.4) is 0 Å². The van der Waals surface area contributed by atoms with Crippen molar-refractivity contribution in [1.29, 1.82) is 0 Å². The fourth-order valence-corrected chi connectivity index (χ4v) is 2.51. The lowest BCUT2D eigenvalue weighted by Gasteiger charge is -2.27. The van der Waals surface area contributed by atoms with Gasteiger partial charge >= 0.3 is 0 Å². The van der Waals surface area contributed by atoms with E-state index in [1.54, 1.807) is 11.8 Å². The molecule has 1 saturated carbocycles. The highest BCUT2D eigenvalue weighted by atomic mass is 32.2. The molecular formula is C13H20N2S. The summed E-state index contributed by atoms with van der Waals surface area (Å²) in [5.41, 5.74) is 7.24. The lowest BCUT2D eigenvalue weighted by molar-refractivity contribution is 0.240. The van der Waals surface area contributed by atoms with E-state index in [-0.39, 0.29) is 0 Å². The Kier molecular flexibility index (Phi) is 3.90. The second-order valence-corrected chi connectivity index (χ2v) is 5.30. The van der Waals surface area contributed by atoms with Crippen LogP contribution < -0.4 is 5.73 Å². The summed E-state index contributed by atoms with van der Waals surface area (Å²) < 4.78 is 0. The molecule has 2 rings (SSSR count). The Morgan fingerprint density at radius 2 is 2.00 bits per heavy atom. The van der Waals surface area contributed by atoms with Crippen LogP contribution in [0.2, 0.25) is 0 Å². The smallest absolute Gasteiger partial charge is 0.0470 e. The highest BCUT2D eigenvalue weighted by molar-refractivity contribution is 7.98. The standard InChI is InChI=1S/C13H20N2S/c1-15(11-5-6-11)13(9-14)10-3-7-12(16-2)8-4-10/h3-4,7-8,11,13H,5-6,9,14H2,1-2H3. The van der Waals surface area contributed by atoms with Gasteiger partial charge in [-0.1, -0.05) is 12.1 Å². The summed E-state index contributed by atoms with van der Waals surface area (Å²) in [7, 11) is 2.19. The molecule has 1 unspecified atom stereocenters. The zero-order valence-electron chi connectivity index (χ0n) is 10.0. The molecule has 2 N–H and O–H groups in total. The Morgan fingerprint density at radius 1 is 1.38 bits per heavy atom. The Hall–Kier alpha value is -0.510. The van der Waals surface area contributed by atoms with Crippen LogP contribution in [0.25, 0.3) is 0 Å². The Bertz CT molecular complexity index is 332. The fraction of sp³-hybridized carbons (Fsp3) is 0.538. The van der Waals surface area contributed by atoms with Gasteiger partial charge in [0.2, 0.25) is 0 Å². The van der Waals surface area contributed by atoms with Gasteiger partial charge in [-0.3, -0.25) is 4.90 Å². The van der Waals surface area contributed by atoms with E-state index in [1.165, 1.54) is 23.3 Å². The first kappa shape index (κ1) is 12.0. The third-order valence-corrected chi connectivity index (χ3v) is 4.08. The van der Waals surface area contributed by atoms with Crippen LogP contribution >= 0.6 is 11.8 Å². The molecule has 2 nitrogen and oxygen atoms in total. The molecular weight excluding hydrogens is 216 g/mol. The maximum absolute atomic E-state index is 5.89. The highest BCUT2D eigenvalue weighted by Crippen LogP contribution is 2.32. The molecule has 0 spiro atoms. The monoisotopic (exact) mass is 236 g/mol. The van der Waals surface area contributed by atoms with Crippen LogP contribution in [0.5, 0.6) is 0 Å². The number of benzene rings is 1. The van der Waals surface area contributed by atoms with Gasteiger partial charge < -0.3 is 5.73 Å². The fourth-order valence-electron chi connectivity index (χ4n) is 2.10. The molecule has 0 amide bonds. The largest absolute Gasteiger partial charge is 0.329 e. The maximum Gasteiger partial charge on any atom is 0.0470 e. The van der Waals surface area contributed by atoms with Gasteiger partial charge in [0.1, 0.15) is 0 Å². The molecule has 0 heterocycles. The minimum atomic E-state index is 0.378. The van der Waals surface area contributed by atoms with Crippen molar-refractivity contribution in [1.82, 2.24) is 4.90 Å². The molecule has 16 heavy (non-hydrogen) atoms. The molecule has 0 saturated heterocycles. The summed E-state index contributed by atoms with van der Waals surface area (Å²) in [5.74, 6) is 0. The molecule has 0 aromatic heterocycles. The molecule has 0 radical (unpaired) electrons. The minimum absolute atomic E-state index is 0.378. The van der Waals surface area contributed by atoms with E-state index < -0.39 is 0 Å². The van der Waals surface area contributed by atoms with Crippen molar-refractivity contribution in [3.8, 4) is 0 Å². The maximum atomic E-state index is 5.89. The normalized spacial score (nSPS) is 17.8. The van der Waals surface area contributed by atoms with Crippen molar-refractivity contribution in [3.05, 3.63) is 29.8 Å². The third kappa shape index (κ3) is 2.59. The summed E-state index contributed by atoms with van der Waals surface area (Å²) in [6.07, 6.45) is 4.76. The van der Waals surface area contributed by atoms with E-state index >= 15 is 0 Å². The average molecular weight is 236 g/mol. The summed E-state index contributed by atoms with van der Waals surface area (Å²) in [6, 6.07) is 9.93. The summed E-state index contributed by atoms with van der Waals surface area (Å²) >= 11 is 1.78. The SMILES string of the molecule is CSc1ccc(C(CN)N(C)C2CC2)cc1. The van der Waals surface area contributed by atoms with E-state index in [1.807, 2.05) is 0 Å². The molecule has 3 heteroatoms. The van der Waals surface area contributed by atoms with E-state index in [0.29, 0.717) is 12.6 Å². The minimum Gasteiger partial charge on any atom is -0.329 e. The van der Waals surface area contributed by atoms with Gasteiger partial charge in [-0.25, -0.2) is 0 Å². The Labute approximate surface area is 102 Å². The van der Waals surface area contributed by atoms with Gasteiger partial charge in [-0.05, 0) is 43.8 Å². The first-order chi connectivity index (χ1) is 7.76. The van der Waals surface area contributed by atoms with Crippen molar-refractivity contribution in [2.45, 2.75) is 29.8 Å². The van der Waals surface area contributed by atoms with Gasteiger partial charge in [-0.2, -0.15) is 0 Å². The highest BCUT2D eigenvalue weighted by Gasteiger charge is 2.30. The molecule has 1 atom stereocenters. The zero-order valence-corrected chi connectivity index (χ0v) is 10.8. The van der Waals surface area contributed by atoms with Crippen LogP contribution in [0, 0.1) is 0 Å². The Morgan fingerprint density at radius 3 is 2.44 bits per heavy atom.